The molecule has 2 unspecified atom stereocenters. The van der Waals surface area contributed by atoms with Gasteiger partial charge in [0.05, 0.1) is 24.1 Å². The summed E-state index contributed by atoms with van der Waals surface area (Å²) in [6.45, 7) is 2.89. The van der Waals surface area contributed by atoms with E-state index in [4.69, 9.17) is 16.3 Å². The van der Waals surface area contributed by atoms with E-state index in [1.165, 1.54) is 13.3 Å². The minimum atomic E-state index is -1.09. The van der Waals surface area contributed by atoms with Crippen molar-refractivity contribution < 1.29 is 24.3 Å². The minimum Gasteiger partial charge on any atom is -0.477 e. The van der Waals surface area contributed by atoms with Gasteiger partial charge in [0.1, 0.15) is 17.7 Å². The molecule has 2 aromatic heterocycles. The summed E-state index contributed by atoms with van der Waals surface area (Å²) >= 11 is 7.08. The summed E-state index contributed by atoms with van der Waals surface area (Å²) in [5.74, 6) is -1.29. The van der Waals surface area contributed by atoms with Gasteiger partial charge in [-0.3, -0.25) is 4.79 Å². The highest BCUT2D eigenvalue weighted by Gasteiger charge is 2.33. The van der Waals surface area contributed by atoms with E-state index in [1.807, 2.05) is 11.8 Å². The average molecular weight is 471 g/mol. The van der Waals surface area contributed by atoms with Gasteiger partial charge in [-0.2, -0.15) is 0 Å². The number of methoxy groups -OCH3 is 1. The molecule has 0 bridgehead atoms. The number of hydrogen-bond donors (Lipinski definition) is 3. The number of carboxylic acids is 1. The Labute approximate surface area is 187 Å². The van der Waals surface area contributed by atoms with Crippen LogP contribution in [0.3, 0.4) is 0 Å². The Bertz CT molecular complexity index is 977. The Balaban J connectivity index is 1.71. The molecule has 13 heteroatoms. The maximum absolute atomic E-state index is 12.6. The summed E-state index contributed by atoms with van der Waals surface area (Å²) < 4.78 is 5.59. The van der Waals surface area contributed by atoms with Gasteiger partial charge in [0, 0.05) is 20.2 Å². The monoisotopic (exact) mass is 470 g/mol. The van der Waals surface area contributed by atoms with E-state index in [-0.39, 0.29) is 39.6 Å². The van der Waals surface area contributed by atoms with Crippen LogP contribution in [0.4, 0.5) is 5.13 Å². The summed E-state index contributed by atoms with van der Waals surface area (Å²) in [7, 11) is 2.93. The molecule has 3 rings (SSSR count). The molecule has 11 nitrogen and oxygen atoms in total. The zero-order valence-corrected chi connectivity index (χ0v) is 18.8. The number of carbonyl (C=O) groups excluding carboxylic acids is 1. The first-order chi connectivity index (χ1) is 14.9. The highest BCUT2D eigenvalue weighted by atomic mass is 35.5. The third-order valence-corrected chi connectivity index (χ3v) is 6.30. The van der Waals surface area contributed by atoms with E-state index in [0.29, 0.717) is 36.8 Å². The first kappa shape index (κ1) is 23.0. The number of piperidine rings is 1. The molecule has 2 aromatic rings. The van der Waals surface area contributed by atoms with Gasteiger partial charge in [-0.25, -0.2) is 14.8 Å². The lowest BCUT2D eigenvalue weighted by Crippen LogP contribution is -2.55. The van der Waals surface area contributed by atoms with E-state index < -0.39 is 5.97 Å². The molecule has 31 heavy (non-hydrogen) atoms. The van der Waals surface area contributed by atoms with Crippen molar-refractivity contribution in [2.75, 3.05) is 32.2 Å². The van der Waals surface area contributed by atoms with Crippen LogP contribution in [0.15, 0.2) is 5.16 Å². The summed E-state index contributed by atoms with van der Waals surface area (Å²) in [5, 5.41) is 16.8. The van der Waals surface area contributed by atoms with Gasteiger partial charge in [0.15, 0.2) is 16.1 Å². The number of carboxylic acid groups (broad SMARTS) is 1. The first-order valence-corrected chi connectivity index (χ1v) is 10.7. The fraction of sp³-hybridized carbons (Fsp3) is 0.500. The molecule has 1 amide bonds. The lowest BCUT2D eigenvalue weighted by atomic mass is 10.0. The van der Waals surface area contributed by atoms with Crippen molar-refractivity contribution in [3.05, 3.63) is 27.2 Å². The van der Waals surface area contributed by atoms with Crippen LogP contribution in [-0.2, 0) is 16.0 Å². The number of aromatic amines is 1. The van der Waals surface area contributed by atoms with Gasteiger partial charge in [0.25, 0.3) is 5.91 Å². The molecule has 0 aromatic carbocycles. The molecule has 0 saturated carbocycles. The highest BCUT2D eigenvalue weighted by Crippen LogP contribution is 2.29. The van der Waals surface area contributed by atoms with Gasteiger partial charge < -0.3 is 29.9 Å². The lowest BCUT2D eigenvalue weighted by molar-refractivity contribution is 0.0538. The maximum atomic E-state index is 12.6. The van der Waals surface area contributed by atoms with E-state index >= 15 is 0 Å². The van der Waals surface area contributed by atoms with Gasteiger partial charge in [-0.15, -0.1) is 0 Å². The van der Waals surface area contributed by atoms with Crippen molar-refractivity contribution in [3.8, 4) is 0 Å². The smallest absolute Gasteiger partial charge is 0.348 e. The number of ether oxygens (including phenoxy) is 1. The number of hydrogen-bond acceptors (Lipinski definition) is 9. The van der Waals surface area contributed by atoms with Crippen molar-refractivity contribution in [2.24, 2.45) is 5.16 Å². The second-order valence-electron chi connectivity index (χ2n) is 6.73. The normalized spacial score (nSPS) is 19.0. The molecule has 0 aliphatic carbocycles. The predicted molar refractivity (Wildman–Crippen MR) is 116 cm³/mol. The van der Waals surface area contributed by atoms with E-state index in [1.54, 1.807) is 7.11 Å². The largest absolute Gasteiger partial charge is 0.477 e. The van der Waals surface area contributed by atoms with Gasteiger partial charge in [-0.05, 0) is 12.8 Å². The number of thiazole rings is 1. The van der Waals surface area contributed by atoms with Crippen molar-refractivity contribution in [1.29, 1.82) is 0 Å². The number of oxime groups is 1. The fourth-order valence-electron chi connectivity index (χ4n) is 3.26. The summed E-state index contributed by atoms with van der Waals surface area (Å²) in [6, 6.07) is -0.254. The Morgan fingerprint density at radius 2 is 2.23 bits per heavy atom. The molecule has 3 heterocycles. The Morgan fingerprint density at radius 3 is 2.84 bits per heavy atom. The Kier molecular flexibility index (Phi) is 7.46. The molecule has 1 aliphatic rings. The summed E-state index contributed by atoms with van der Waals surface area (Å²) in [6.07, 6.45) is 2.15. The van der Waals surface area contributed by atoms with Gasteiger partial charge in [0.2, 0.25) is 0 Å². The minimum absolute atomic E-state index is 0.0709. The van der Waals surface area contributed by atoms with E-state index in [2.05, 4.69) is 30.3 Å². The number of imidazole rings is 1. The molecule has 0 spiro atoms. The standard InChI is InChI=1S/C18H23ClN6O5S/c1-4-9-14(19)24-15(21-9)16(26)22-10-5-6-25(8-12(10)29-2)18-23-11(7-20-30-3)13(31-18)17(27)28/h7,10,12H,4-6,8H2,1-3H3,(H,21,24)(H,22,26)(H,27,28)/b20-7-. The number of carbonyl (C=O) groups is 2. The molecule has 168 valence electrons. The molecule has 0 radical (unpaired) electrons. The Hall–Kier alpha value is -2.70. The first-order valence-electron chi connectivity index (χ1n) is 9.51. The van der Waals surface area contributed by atoms with Gasteiger partial charge in [-0.1, -0.05) is 35.0 Å². The lowest BCUT2D eigenvalue weighted by Gasteiger charge is -2.37. The number of amides is 1. The molecular weight excluding hydrogens is 448 g/mol. The third kappa shape index (κ3) is 5.14. The number of halogens is 1. The topological polar surface area (TPSA) is 142 Å². The second kappa shape index (κ2) is 10.1. The number of H-pyrrole nitrogens is 1. The van der Waals surface area contributed by atoms with Gasteiger partial charge >= 0.3 is 5.97 Å². The summed E-state index contributed by atoms with van der Waals surface area (Å²) in [4.78, 5) is 42.1. The van der Waals surface area contributed by atoms with Crippen molar-refractivity contribution >= 4 is 46.2 Å². The number of aromatic carboxylic acids is 1. The quantitative estimate of drug-likeness (QED) is 0.391. The zero-order chi connectivity index (χ0) is 22.5. The van der Waals surface area contributed by atoms with Crippen LogP contribution in [0.5, 0.6) is 0 Å². The van der Waals surface area contributed by atoms with Crippen LogP contribution in [0.25, 0.3) is 0 Å². The van der Waals surface area contributed by atoms with Crippen molar-refractivity contribution in [1.82, 2.24) is 20.3 Å². The number of nitrogens with zero attached hydrogens (tertiary/aromatic N) is 4. The van der Waals surface area contributed by atoms with Crippen LogP contribution in [0.1, 0.15) is 45.0 Å². The van der Waals surface area contributed by atoms with E-state index in [9.17, 15) is 14.7 Å². The van der Waals surface area contributed by atoms with Crippen molar-refractivity contribution in [2.45, 2.75) is 31.9 Å². The number of aromatic nitrogens is 3. The molecular formula is C18H23ClN6O5S. The number of anilines is 1. The average Bonchev–Trinajstić information content (AvgIpc) is 3.36. The number of nitrogens with one attached hydrogen (secondary N) is 2. The van der Waals surface area contributed by atoms with E-state index in [0.717, 1.165) is 11.3 Å². The maximum Gasteiger partial charge on any atom is 0.348 e. The van der Waals surface area contributed by atoms with Crippen molar-refractivity contribution in [3.63, 3.8) is 0 Å². The SMILES string of the molecule is CCc1[nH]c(C(=O)NC2CCN(c3nc(/C=N\OC)c(C(=O)O)s3)CC2OC)nc1Cl. The van der Waals surface area contributed by atoms with Crippen LogP contribution >= 0.6 is 22.9 Å². The Morgan fingerprint density at radius 1 is 1.45 bits per heavy atom. The highest BCUT2D eigenvalue weighted by molar-refractivity contribution is 7.17. The molecule has 2 atom stereocenters. The molecule has 1 aliphatic heterocycles. The molecule has 3 N–H and O–H groups in total. The predicted octanol–water partition coefficient (Wildman–Crippen LogP) is 1.78. The zero-order valence-electron chi connectivity index (χ0n) is 17.2. The van der Waals surface area contributed by atoms with Crippen LogP contribution in [0, 0.1) is 0 Å². The molecule has 1 saturated heterocycles. The summed E-state index contributed by atoms with van der Waals surface area (Å²) in [5.41, 5.74) is 0.927. The third-order valence-electron chi connectivity index (χ3n) is 4.86. The number of rotatable bonds is 8. The second-order valence-corrected chi connectivity index (χ2v) is 8.07. The molecule has 1 fully saturated rings. The number of aryl methyl sites for hydroxylation is 1. The fourth-order valence-corrected chi connectivity index (χ4v) is 4.44. The van der Waals surface area contributed by atoms with Crippen LogP contribution in [0.2, 0.25) is 5.15 Å². The van der Waals surface area contributed by atoms with Crippen LogP contribution < -0.4 is 10.2 Å². The van der Waals surface area contributed by atoms with Crippen LogP contribution in [-0.4, -0.2) is 77.6 Å².